The number of aryl methyl sites for hydroxylation is 1. The number of nitrogens with zero attached hydrogens (tertiary/aromatic N) is 3. The van der Waals surface area contributed by atoms with Crippen LogP contribution in [0.5, 0.6) is 0 Å². The summed E-state index contributed by atoms with van der Waals surface area (Å²) in [6.07, 6.45) is 3.26. The summed E-state index contributed by atoms with van der Waals surface area (Å²) in [5, 5.41) is 18.1. The van der Waals surface area contributed by atoms with Crippen LogP contribution in [-0.4, -0.2) is 126 Å². The van der Waals surface area contributed by atoms with Gasteiger partial charge in [-0.25, -0.2) is 4.39 Å². The van der Waals surface area contributed by atoms with Crippen molar-refractivity contribution in [2.45, 2.75) is 162 Å². The molecule has 4 aliphatic rings. The van der Waals surface area contributed by atoms with Gasteiger partial charge in [0.15, 0.2) is 0 Å². The number of amides is 7. The summed E-state index contributed by atoms with van der Waals surface area (Å²) in [5.41, 5.74) is 2.77. The first-order valence-corrected chi connectivity index (χ1v) is 26.8. The molecule has 1 saturated heterocycles. The minimum absolute atomic E-state index is 0.0250. The summed E-state index contributed by atoms with van der Waals surface area (Å²) < 4.78 is 15.8. The van der Waals surface area contributed by atoms with Gasteiger partial charge in [-0.3, -0.25) is 33.6 Å². The standard InChI is InChI=1S/C58H80FN9O7/c1-33(60-10)50(69)64-48(57(4,5)6)55(74)67-30-38-21-13-12-20-37(38)28-47(67)54(73)66(35(3)41-23-16-17-25-44(41)59)31-39-27-43(39)52(71)62-40-29-46(53(72)63-45-26-18-22-36-19-14-15-24-42(36)45)68(32-40)56(75)49(58(7,8)9)65-51(70)34(2)61-11/h12-17,19-21,23-25,33-35,39-40,43,45-49,60-61H,18,22,26-32H2,1-11H3,(H,62,71)(H,63,72)(H,64,69)(H,65,70)/t33-,34-,35+,39?,40-,43?,45+,46-,47-,48+,49+/m0/s1. The summed E-state index contributed by atoms with van der Waals surface area (Å²) in [4.78, 5) is 105. The molecule has 75 heavy (non-hydrogen) atoms. The van der Waals surface area contributed by atoms with Crippen LogP contribution in [0, 0.1) is 28.5 Å². The highest BCUT2D eigenvalue weighted by molar-refractivity contribution is 5.96. The van der Waals surface area contributed by atoms with Gasteiger partial charge in [-0.05, 0) is 112 Å². The molecule has 2 heterocycles. The first kappa shape index (κ1) is 56.5. The molecule has 11 atom stereocenters. The van der Waals surface area contributed by atoms with Crippen LogP contribution in [0.25, 0.3) is 0 Å². The molecule has 16 nitrogen and oxygen atoms in total. The lowest BCUT2D eigenvalue weighted by molar-refractivity contribution is -0.152. The van der Waals surface area contributed by atoms with E-state index >= 15 is 9.18 Å². The topological polar surface area (TPSA) is 201 Å². The Labute approximate surface area is 442 Å². The number of benzene rings is 3. The van der Waals surface area contributed by atoms with Crippen molar-refractivity contribution in [2.24, 2.45) is 22.7 Å². The monoisotopic (exact) mass is 1030 g/mol. The lowest BCUT2D eigenvalue weighted by Crippen LogP contribution is -2.62. The Balaban J connectivity index is 1.14. The van der Waals surface area contributed by atoms with Gasteiger partial charge in [0.2, 0.25) is 41.4 Å². The predicted octanol–water partition coefficient (Wildman–Crippen LogP) is 4.86. The summed E-state index contributed by atoms with van der Waals surface area (Å²) in [7, 11) is 3.32. The highest BCUT2D eigenvalue weighted by atomic mass is 19.1. The van der Waals surface area contributed by atoms with Crippen molar-refractivity contribution in [3.05, 3.63) is 106 Å². The maximum atomic E-state index is 15.8. The van der Waals surface area contributed by atoms with Crippen molar-refractivity contribution in [3.8, 4) is 0 Å². The number of carbonyl (C=O) groups excluding carboxylic acids is 7. The van der Waals surface area contributed by atoms with E-state index in [1.807, 2.05) is 84.0 Å². The van der Waals surface area contributed by atoms with E-state index < -0.39 is 88.6 Å². The zero-order valence-corrected chi connectivity index (χ0v) is 45.7. The molecule has 2 fully saturated rings. The molecule has 2 aliphatic heterocycles. The van der Waals surface area contributed by atoms with Gasteiger partial charge in [-0.15, -0.1) is 0 Å². The quantitative estimate of drug-likeness (QED) is 0.109. The van der Waals surface area contributed by atoms with Crippen LogP contribution in [0.15, 0.2) is 72.8 Å². The van der Waals surface area contributed by atoms with Crippen molar-refractivity contribution in [2.75, 3.05) is 27.2 Å². The first-order chi connectivity index (χ1) is 35.4. The number of nitrogens with one attached hydrogen (secondary N) is 6. The maximum absolute atomic E-state index is 15.8. The number of halogens is 1. The summed E-state index contributed by atoms with van der Waals surface area (Å²) in [6.45, 7) is 16.5. The number of likely N-dealkylation sites (tertiary alicyclic amines) is 1. The van der Waals surface area contributed by atoms with E-state index in [4.69, 9.17) is 0 Å². The Morgan fingerprint density at radius 3 is 1.84 bits per heavy atom. The Hall–Kier alpha value is -6.20. The second-order valence-corrected chi connectivity index (χ2v) is 23.5. The third-order valence-electron chi connectivity index (χ3n) is 16.0. The highest BCUT2D eigenvalue weighted by Crippen LogP contribution is 2.42. The molecule has 0 spiro atoms. The van der Waals surface area contributed by atoms with Crippen LogP contribution < -0.4 is 31.9 Å². The van der Waals surface area contributed by atoms with Crippen LogP contribution in [0.1, 0.15) is 128 Å². The normalized spacial score (nSPS) is 23.3. The van der Waals surface area contributed by atoms with Crippen molar-refractivity contribution >= 4 is 41.4 Å². The number of rotatable bonds is 17. The zero-order chi connectivity index (χ0) is 54.7. The molecule has 7 amide bonds. The second-order valence-electron chi connectivity index (χ2n) is 23.5. The van der Waals surface area contributed by atoms with Gasteiger partial charge >= 0.3 is 0 Å². The smallest absolute Gasteiger partial charge is 0.246 e. The first-order valence-electron chi connectivity index (χ1n) is 26.8. The molecular formula is C58H80FN9O7. The number of fused-ring (bicyclic) bond motifs is 2. The predicted molar refractivity (Wildman–Crippen MR) is 285 cm³/mol. The third-order valence-corrected chi connectivity index (χ3v) is 16.0. The Kier molecular flexibility index (Phi) is 17.6. The molecule has 2 aliphatic carbocycles. The van der Waals surface area contributed by atoms with Crippen molar-refractivity contribution in [1.82, 2.24) is 46.6 Å². The van der Waals surface area contributed by atoms with E-state index in [0.29, 0.717) is 6.42 Å². The van der Waals surface area contributed by atoms with Crippen LogP contribution in [0.3, 0.4) is 0 Å². The highest BCUT2D eigenvalue weighted by Gasteiger charge is 2.51. The van der Waals surface area contributed by atoms with E-state index in [0.717, 1.165) is 36.0 Å². The Bertz CT molecular complexity index is 2610. The maximum Gasteiger partial charge on any atom is 0.246 e. The molecule has 0 aromatic heterocycles. The average Bonchev–Trinajstić information content (AvgIpc) is 4.04. The van der Waals surface area contributed by atoms with Crippen LogP contribution in [-0.2, 0) is 52.9 Å². The fourth-order valence-electron chi connectivity index (χ4n) is 10.9. The minimum atomic E-state index is -1.02. The molecular weight excluding hydrogens is 954 g/mol. The number of likely N-dealkylation sites (N-methyl/N-ethyl adjacent to an activating group) is 2. The van der Waals surface area contributed by atoms with Crippen LogP contribution in [0.4, 0.5) is 4.39 Å². The summed E-state index contributed by atoms with van der Waals surface area (Å²) in [5.74, 6) is -4.01. The lowest BCUT2D eigenvalue weighted by Gasteiger charge is -2.43. The molecule has 406 valence electrons. The van der Waals surface area contributed by atoms with E-state index in [1.54, 1.807) is 62.9 Å². The van der Waals surface area contributed by atoms with Crippen molar-refractivity contribution in [3.63, 3.8) is 0 Å². The van der Waals surface area contributed by atoms with Crippen molar-refractivity contribution in [1.29, 1.82) is 0 Å². The van der Waals surface area contributed by atoms with Gasteiger partial charge in [0.05, 0.1) is 24.2 Å². The lowest BCUT2D eigenvalue weighted by atomic mass is 9.84. The molecule has 0 bridgehead atoms. The third kappa shape index (κ3) is 12.9. The van der Waals surface area contributed by atoms with Gasteiger partial charge in [0.25, 0.3) is 0 Å². The Morgan fingerprint density at radius 1 is 0.680 bits per heavy atom. The molecule has 2 unspecified atom stereocenters. The molecule has 1 saturated carbocycles. The van der Waals surface area contributed by atoms with Gasteiger partial charge < -0.3 is 46.6 Å². The summed E-state index contributed by atoms with van der Waals surface area (Å²) in [6, 6.07) is 15.1. The minimum Gasteiger partial charge on any atom is -0.351 e. The van der Waals surface area contributed by atoms with Crippen molar-refractivity contribution < 1.29 is 38.0 Å². The fourth-order valence-corrected chi connectivity index (χ4v) is 10.9. The SMILES string of the molecule is CN[C@@H](C)C(=O)N[C@H](C(=O)N1C[C@@H](NC(=O)C2CC2CN(C(=O)[C@@H]2Cc3ccccc3CN2C(=O)[C@@H](NC(=O)[C@H](C)NC)C(C)(C)C)[C@H](C)c2ccccc2F)C[C@H]1C(=O)N[C@@H]1CCCc2ccccc21)C(C)(C)C. The largest absolute Gasteiger partial charge is 0.351 e. The van der Waals surface area contributed by atoms with Gasteiger partial charge in [-0.2, -0.15) is 0 Å². The van der Waals surface area contributed by atoms with Gasteiger partial charge in [0.1, 0.15) is 30.0 Å². The molecule has 17 heteroatoms. The number of hydrogen-bond acceptors (Lipinski definition) is 9. The zero-order valence-electron chi connectivity index (χ0n) is 45.7. The summed E-state index contributed by atoms with van der Waals surface area (Å²) >= 11 is 0. The van der Waals surface area contributed by atoms with Gasteiger partial charge in [-0.1, -0.05) is 108 Å². The van der Waals surface area contributed by atoms with Crippen LogP contribution >= 0.6 is 0 Å². The average molecular weight is 1030 g/mol. The second kappa shape index (κ2) is 23.4. The molecule has 6 N–H and O–H groups in total. The molecule has 0 radical (unpaired) electrons. The van der Waals surface area contributed by atoms with E-state index in [2.05, 4.69) is 38.0 Å². The molecule has 3 aromatic carbocycles. The van der Waals surface area contributed by atoms with Gasteiger partial charge in [0, 0.05) is 43.6 Å². The van der Waals surface area contributed by atoms with E-state index in [9.17, 15) is 28.8 Å². The Morgan fingerprint density at radius 2 is 1.24 bits per heavy atom. The molecule has 3 aromatic rings. The fraction of sp³-hybridized carbons (Fsp3) is 0.569. The van der Waals surface area contributed by atoms with Crippen LogP contribution in [0.2, 0.25) is 0 Å². The van der Waals surface area contributed by atoms with E-state index in [-0.39, 0.29) is 73.6 Å². The van der Waals surface area contributed by atoms with E-state index in [1.165, 1.54) is 16.5 Å². The number of hydrogen-bond donors (Lipinski definition) is 6. The number of carbonyl (C=O) groups is 7. The molecule has 7 rings (SSSR count).